The molecular formula is C19H29F2N3O3. The maximum atomic E-state index is 12.8. The fraction of sp³-hybridized carbons (Fsp3) is 0.632. The van der Waals surface area contributed by atoms with Gasteiger partial charge >= 0.3 is 6.61 Å². The second-order valence-corrected chi connectivity index (χ2v) is 6.54. The van der Waals surface area contributed by atoms with Gasteiger partial charge < -0.3 is 25.2 Å². The largest absolute Gasteiger partial charge is 0.490 e. The molecule has 8 heteroatoms. The Bertz CT molecular complexity index is 620. The third-order valence-corrected chi connectivity index (χ3v) is 4.44. The van der Waals surface area contributed by atoms with Gasteiger partial charge in [-0.3, -0.25) is 0 Å². The highest BCUT2D eigenvalue weighted by Gasteiger charge is 2.31. The normalized spacial score (nSPS) is 16.4. The summed E-state index contributed by atoms with van der Waals surface area (Å²) >= 11 is 0. The molecule has 0 aliphatic heterocycles. The molecule has 3 N–H and O–H groups in total. The number of ether oxygens (including phenoxy) is 2. The van der Waals surface area contributed by atoms with E-state index in [9.17, 15) is 13.9 Å². The monoisotopic (exact) mass is 385 g/mol. The predicted molar refractivity (Wildman–Crippen MR) is 100 cm³/mol. The lowest BCUT2D eigenvalue weighted by molar-refractivity contribution is -0.0520. The van der Waals surface area contributed by atoms with Gasteiger partial charge in [0.1, 0.15) is 0 Å². The summed E-state index contributed by atoms with van der Waals surface area (Å²) in [6.07, 6.45) is 3.57. The van der Waals surface area contributed by atoms with Crippen LogP contribution in [0.2, 0.25) is 0 Å². The number of para-hydroxylation sites is 1. The third kappa shape index (κ3) is 6.53. The van der Waals surface area contributed by atoms with Gasteiger partial charge in [0, 0.05) is 18.7 Å². The summed E-state index contributed by atoms with van der Waals surface area (Å²) in [5.41, 5.74) is -0.215. The van der Waals surface area contributed by atoms with Gasteiger partial charge in [-0.15, -0.1) is 0 Å². The third-order valence-electron chi connectivity index (χ3n) is 4.44. The molecule has 152 valence electrons. The molecule has 1 aliphatic rings. The van der Waals surface area contributed by atoms with Gasteiger partial charge in [0.2, 0.25) is 0 Å². The van der Waals surface area contributed by atoms with E-state index in [2.05, 4.69) is 20.4 Å². The van der Waals surface area contributed by atoms with Crippen molar-refractivity contribution in [1.82, 2.24) is 10.6 Å². The van der Waals surface area contributed by atoms with Gasteiger partial charge in [0.15, 0.2) is 17.5 Å². The van der Waals surface area contributed by atoms with Crippen LogP contribution in [-0.2, 0) is 6.54 Å². The average molecular weight is 385 g/mol. The summed E-state index contributed by atoms with van der Waals surface area (Å²) in [7, 11) is 0. The van der Waals surface area contributed by atoms with Gasteiger partial charge in [-0.2, -0.15) is 8.78 Å². The molecule has 0 amide bonds. The maximum Gasteiger partial charge on any atom is 0.387 e. The summed E-state index contributed by atoms with van der Waals surface area (Å²) in [6.45, 7) is 2.28. The Morgan fingerprint density at radius 1 is 1.26 bits per heavy atom. The van der Waals surface area contributed by atoms with Crippen molar-refractivity contribution in [2.75, 3.05) is 19.7 Å². The van der Waals surface area contributed by atoms with Crippen LogP contribution in [0.15, 0.2) is 23.2 Å². The number of aliphatic hydroxyl groups is 1. The number of alkyl halides is 2. The number of hydrogen-bond acceptors (Lipinski definition) is 4. The van der Waals surface area contributed by atoms with Crippen molar-refractivity contribution in [1.29, 1.82) is 0 Å². The zero-order chi connectivity index (χ0) is 19.7. The van der Waals surface area contributed by atoms with Crippen LogP contribution >= 0.6 is 0 Å². The maximum absolute atomic E-state index is 12.8. The van der Waals surface area contributed by atoms with Crippen molar-refractivity contribution in [3.05, 3.63) is 23.8 Å². The van der Waals surface area contributed by atoms with Gasteiger partial charge in [-0.25, -0.2) is 4.99 Å². The van der Waals surface area contributed by atoms with Crippen LogP contribution in [0, 0.1) is 0 Å². The zero-order valence-electron chi connectivity index (χ0n) is 15.9. The number of halogens is 2. The summed E-state index contributed by atoms with van der Waals surface area (Å²) in [5, 5.41) is 16.7. The van der Waals surface area contributed by atoms with Crippen LogP contribution in [0.4, 0.5) is 8.78 Å². The molecule has 1 aromatic carbocycles. The molecule has 1 saturated carbocycles. The van der Waals surface area contributed by atoms with Crippen molar-refractivity contribution in [3.8, 4) is 11.5 Å². The van der Waals surface area contributed by atoms with E-state index in [-0.39, 0.29) is 18.0 Å². The fourth-order valence-electron chi connectivity index (χ4n) is 3.14. The van der Waals surface area contributed by atoms with E-state index in [1.807, 2.05) is 6.92 Å². The molecule has 1 aliphatic carbocycles. The summed E-state index contributed by atoms with van der Waals surface area (Å²) in [5.74, 6) is 0.787. The topological polar surface area (TPSA) is 75.1 Å². The Morgan fingerprint density at radius 3 is 2.63 bits per heavy atom. The molecule has 0 unspecified atom stereocenters. The smallest absolute Gasteiger partial charge is 0.387 e. The van der Waals surface area contributed by atoms with E-state index in [0.717, 1.165) is 25.7 Å². The second-order valence-electron chi connectivity index (χ2n) is 6.54. The van der Waals surface area contributed by atoms with Crippen LogP contribution in [0.3, 0.4) is 0 Å². The van der Waals surface area contributed by atoms with Gasteiger partial charge in [0.25, 0.3) is 0 Å². The molecule has 6 nitrogen and oxygen atoms in total. The SMILES string of the molecule is CCNC(=NCc1cccc(OCC)c1OC(F)F)NCC1(O)CCCC1. The molecule has 0 radical (unpaired) electrons. The predicted octanol–water partition coefficient (Wildman–Crippen LogP) is 3.05. The Morgan fingerprint density at radius 2 is 2.00 bits per heavy atom. The molecule has 0 saturated heterocycles. The molecule has 1 aromatic rings. The van der Waals surface area contributed by atoms with Crippen LogP contribution < -0.4 is 20.1 Å². The molecule has 0 aromatic heterocycles. The van der Waals surface area contributed by atoms with Crippen LogP contribution in [-0.4, -0.2) is 43.0 Å². The summed E-state index contributed by atoms with van der Waals surface area (Å²) in [4.78, 5) is 4.45. The molecule has 0 spiro atoms. The minimum atomic E-state index is -2.95. The quantitative estimate of drug-likeness (QED) is 0.450. The zero-order valence-corrected chi connectivity index (χ0v) is 15.9. The van der Waals surface area contributed by atoms with E-state index in [1.54, 1.807) is 25.1 Å². The van der Waals surface area contributed by atoms with E-state index < -0.39 is 12.2 Å². The van der Waals surface area contributed by atoms with Crippen molar-refractivity contribution >= 4 is 5.96 Å². The van der Waals surface area contributed by atoms with E-state index in [1.165, 1.54) is 0 Å². The Balaban J connectivity index is 2.12. The first-order valence-corrected chi connectivity index (χ1v) is 9.41. The number of rotatable bonds is 9. The molecule has 0 heterocycles. The van der Waals surface area contributed by atoms with Crippen LogP contribution in [0.1, 0.15) is 45.1 Å². The van der Waals surface area contributed by atoms with E-state index >= 15 is 0 Å². The number of nitrogens with one attached hydrogen (secondary N) is 2. The molecular weight excluding hydrogens is 356 g/mol. The lowest BCUT2D eigenvalue weighted by Crippen LogP contribution is -2.46. The van der Waals surface area contributed by atoms with Gasteiger partial charge in [-0.05, 0) is 32.8 Å². The fourth-order valence-corrected chi connectivity index (χ4v) is 3.14. The Hall–Kier alpha value is -2.09. The van der Waals surface area contributed by atoms with E-state index in [4.69, 9.17) is 4.74 Å². The Kier molecular flexibility index (Phi) is 8.09. The van der Waals surface area contributed by atoms with Crippen LogP contribution in [0.25, 0.3) is 0 Å². The van der Waals surface area contributed by atoms with E-state index in [0.29, 0.717) is 31.2 Å². The molecule has 0 bridgehead atoms. The number of guanidine groups is 1. The first kappa shape index (κ1) is 21.2. The number of hydrogen-bond donors (Lipinski definition) is 3. The number of benzene rings is 1. The first-order chi connectivity index (χ1) is 13.0. The van der Waals surface area contributed by atoms with Crippen molar-refractivity contribution < 1.29 is 23.4 Å². The highest BCUT2D eigenvalue weighted by molar-refractivity contribution is 5.79. The van der Waals surface area contributed by atoms with Crippen molar-refractivity contribution in [2.45, 2.75) is 58.3 Å². The first-order valence-electron chi connectivity index (χ1n) is 9.41. The molecule has 2 rings (SSSR count). The molecule has 27 heavy (non-hydrogen) atoms. The van der Waals surface area contributed by atoms with Gasteiger partial charge in [0.05, 0.1) is 18.8 Å². The molecule has 0 atom stereocenters. The highest BCUT2D eigenvalue weighted by atomic mass is 19.3. The Labute approximate surface area is 159 Å². The number of aliphatic imine (C=N–C) groups is 1. The lowest BCUT2D eigenvalue weighted by Gasteiger charge is -2.24. The van der Waals surface area contributed by atoms with Crippen molar-refractivity contribution in [3.63, 3.8) is 0 Å². The lowest BCUT2D eigenvalue weighted by atomic mass is 10.0. The minimum absolute atomic E-state index is 0.00312. The van der Waals surface area contributed by atoms with Crippen molar-refractivity contribution in [2.24, 2.45) is 4.99 Å². The second kappa shape index (κ2) is 10.3. The van der Waals surface area contributed by atoms with Crippen LogP contribution in [0.5, 0.6) is 11.5 Å². The molecule has 1 fully saturated rings. The minimum Gasteiger partial charge on any atom is -0.490 e. The highest BCUT2D eigenvalue weighted by Crippen LogP contribution is 2.33. The number of nitrogens with zero attached hydrogens (tertiary/aromatic N) is 1. The summed E-state index contributed by atoms with van der Waals surface area (Å²) < 4.78 is 35.7. The van der Waals surface area contributed by atoms with Gasteiger partial charge in [-0.1, -0.05) is 25.0 Å². The average Bonchev–Trinajstić information content (AvgIpc) is 3.06. The standard InChI is InChI=1S/C19H29F2N3O3/c1-3-22-18(24-13-19(25)10-5-6-11-19)23-12-14-8-7-9-15(26-4-2)16(14)27-17(20)21/h7-9,17,25H,3-6,10-13H2,1-2H3,(H2,22,23,24). The summed E-state index contributed by atoms with van der Waals surface area (Å²) in [6, 6.07) is 4.99.